The zero-order chi connectivity index (χ0) is 15.2. The summed E-state index contributed by atoms with van der Waals surface area (Å²) in [6, 6.07) is 1.49. The molecule has 0 aliphatic carbocycles. The van der Waals surface area contributed by atoms with Gasteiger partial charge in [0.2, 0.25) is 5.82 Å². The van der Waals surface area contributed by atoms with E-state index in [2.05, 4.69) is 15.3 Å². The standard InChI is InChI=1S/C12H19F3N4O/c1-4-16-9-8-10(19(3)6-7-20-5-2)18-11(17-9)12(13,14)15/h8H,4-7H2,1-3H3,(H,16,17,18). The highest BCUT2D eigenvalue weighted by Gasteiger charge is 2.35. The van der Waals surface area contributed by atoms with Crippen LogP contribution in [-0.4, -0.2) is 43.3 Å². The number of rotatable bonds is 7. The fourth-order valence-electron chi connectivity index (χ4n) is 1.49. The molecule has 0 aromatic carbocycles. The van der Waals surface area contributed by atoms with Gasteiger partial charge in [0, 0.05) is 32.8 Å². The number of hydrogen-bond donors (Lipinski definition) is 1. The molecule has 1 aromatic rings. The monoisotopic (exact) mass is 292 g/mol. The number of nitrogens with one attached hydrogen (secondary N) is 1. The summed E-state index contributed by atoms with van der Waals surface area (Å²) in [6.07, 6.45) is -4.57. The predicted molar refractivity (Wildman–Crippen MR) is 71.0 cm³/mol. The van der Waals surface area contributed by atoms with Crippen LogP contribution in [0.2, 0.25) is 0 Å². The lowest BCUT2D eigenvalue weighted by Crippen LogP contribution is -2.25. The van der Waals surface area contributed by atoms with E-state index in [1.807, 2.05) is 6.92 Å². The molecule has 8 heteroatoms. The van der Waals surface area contributed by atoms with Crippen LogP contribution in [0.4, 0.5) is 24.8 Å². The molecule has 0 bridgehead atoms. The van der Waals surface area contributed by atoms with Crippen molar-refractivity contribution >= 4 is 11.6 Å². The van der Waals surface area contributed by atoms with Crippen molar-refractivity contribution in [3.63, 3.8) is 0 Å². The van der Waals surface area contributed by atoms with Crippen LogP contribution in [0.15, 0.2) is 6.07 Å². The molecular formula is C12H19F3N4O. The molecule has 0 aliphatic heterocycles. The molecule has 1 aromatic heterocycles. The van der Waals surface area contributed by atoms with E-state index in [-0.39, 0.29) is 11.6 Å². The van der Waals surface area contributed by atoms with Crippen molar-refractivity contribution in [3.8, 4) is 0 Å². The van der Waals surface area contributed by atoms with Gasteiger partial charge >= 0.3 is 6.18 Å². The molecule has 114 valence electrons. The molecule has 0 fully saturated rings. The Morgan fingerprint density at radius 2 is 2.00 bits per heavy atom. The highest BCUT2D eigenvalue weighted by Crippen LogP contribution is 2.28. The Bertz CT molecular complexity index is 426. The van der Waals surface area contributed by atoms with Crippen molar-refractivity contribution in [2.45, 2.75) is 20.0 Å². The zero-order valence-corrected chi connectivity index (χ0v) is 11.8. The van der Waals surface area contributed by atoms with E-state index in [1.165, 1.54) is 6.07 Å². The van der Waals surface area contributed by atoms with Crippen molar-refractivity contribution < 1.29 is 17.9 Å². The third kappa shape index (κ3) is 4.84. The lowest BCUT2D eigenvalue weighted by Gasteiger charge is -2.20. The van der Waals surface area contributed by atoms with Crippen LogP contribution >= 0.6 is 0 Å². The Morgan fingerprint density at radius 1 is 1.30 bits per heavy atom. The summed E-state index contributed by atoms with van der Waals surface area (Å²) >= 11 is 0. The van der Waals surface area contributed by atoms with E-state index in [0.717, 1.165) is 0 Å². The molecule has 5 nitrogen and oxygen atoms in total. The smallest absolute Gasteiger partial charge is 0.380 e. The van der Waals surface area contributed by atoms with Crippen LogP contribution in [0.1, 0.15) is 19.7 Å². The minimum Gasteiger partial charge on any atom is -0.380 e. The van der Waals surface area contributed by atoms with Crippen molar-refractivity contribution in [1.29, 1.82) is 0 Å². The molecule has 0 saturated carbocycles. The van der Waals surface area contributed by atoms with Crippen LogP contribution in [0.25, 0.3) is 0 Å². The maximum Gasteiger partial charge on any atom is 0.451 e. The molecule has 0 aliphatic rings. The van der Waals surface area contributed by atoms with Crippen molar-refractivity contribution in [2.24, 2.45) is 0 Å². The molecular weight excluding hydrogens is 273 g/mol. The van der Waals surface area contributed by atoms with E-state index in [9.17, 15) is 13.2 Å². The number of hydrogen-bond acceptors (Lipinski definition) is 5. The molecule has 0 unspecified atom stereocenters. The number of nitrogens with zero attached hydrogens (tertiary/aromatic N) is 3. The minimum atomic E-state index is -4.57. The SMILES string of the molecule is CCNc1cc(N(C)CCOCC)nc(C(F)(F)F)n1. The normalized spacial score (nSPS) is 11.5. The average Bonchev–Trinajstić information content (AvgIpc) is 2.38. The summed E-state index contributed by atoms with van der Waals surface area (Å²) in [4.78, 5) is 8.63. The van der Waals surface area contributed by atoms with Crippen LogP contribution in [0, 0.1) is 0 Å². The summed E-state index contributed by atoms with van der Waals surface area (Å²) in [5.74, 6) is -0.773. The topological polar surface area (TPSA) is 50.3 Å². The number of aromatic nitrogens is 2. The second-order valence-electron chi connectivity index (χ2n) is 4.08. The summed E-state index contributed by atoms with van der Waals surface area (Å²) in [5, 5.41) is 2.77. The van der Waals surface area contributed by atoms with Crippen molar-refractivity contribution in [1.82, 2.24) is 9.97 Å². The van der Waals surface area contributed by atoms with Crippen molar-refractivity contribution in [2.75, 3.05) is 43.6 Å². The van der Waals surface area contributed by atoms with Gasteiger partial charge in [-0.2, -0.15) is 13.2 Å². The molecule has 0 saturated heterocycles. The minimum absolute atomic E-state index is 0.160. The Balaban J connectivity index is 2.96. The van der Waals surface area contributed by atoms with E-state index >= 15 is 0 Å². The molecule has 0 amide bonds. The molecule has 1 rings (SSSR count). The number of likely N-dealkylation sites (N-methyl/N-ethyl adjacent to an activating group) is 1. The van der Waals surface area contributed by atoms with Gasteiger partial charge in [-0.05, 0) is 13.8 Å². The van der Waals surface area contributed by atoms with Crippen LogP contribution in [0.3, 0.4) is 0 Å². The molecule has 0 atom stereocenters. The number of alkyl halides is 3. The van der Waals surface area contributed by atoms with Gasteiger partial charge < -0.3 is 15.0 Å². The number of halogens is 3. The number of anilines is 2. The first-order valence-corrected chi connectivity index (χ1v) is 6.37. The van der Waals surface area contributed by atoms with E-state index in [4.69, 9.17) is 4.74 Å². The lowest BCUT2D eigenvalue weighted by atomic mass is 10.4. The third-order valence-corrected chi connectivity index (χ3v) is 2.49. The van der Waals surface area contributed by atoms with Gasteiger partial charge in [-0.3, -0.25) is 0 Å². The van der Waals surface area contributed by atoms with Gasteiger partial charge in [-0.15, -0.1) is 0 Å². The Morgan fingerprint density at radius 3 is 2.55 bits per heavy atom. The highest BCUT2D eigenvalue weighted by atomic mass is 19.4. The van der Waals surface area contributed by atoms with Gasteiger partial charge in [-0.1, -0.05) is 0 Å². The highest BCUT2D eigenvalue weighted by molar-refractivity contribution is 5.49. The summed E-state index contributed by atoms with van der Waals surface area (Å²) in [7, 11) is 1.66. The Hall–Kier alpha value is -1.57. The number of ether oxygens (including phenoxy) is 1. The predicted octanol–water partition coefficient (Wildman–Crippen LogP) is 2.40. The van der Waals surface area contributed by atoms with Crippen LogP contribution in [0.5, 0.6) is 0 Å². The lowest BCUT2D eigenvalue weighted by molar-refractivity contribution is -0.144. The van der Waals surface area contributed by atoms with Gasteiger partial charge in [0.1, 0.15) is 11.6 Å². The van der Waals surface area contributed by atoms with E-state index in [1.54, 1.807) is 18.9 Å². The molecule has 20 heavy (non-hydrogen) atoms. The first kappa shape index (κ1) is 16.5. The van der Waals surface area contributed by atoms with E-state index < -0.39 is 12.0 Å². The maximum atomic E-state index is 12.8. The van der Waals surface area contributed by atoms with Crippen molar-refractivity contribution in [3.05, 3.63) is 11.9 Å². The second kappa shape index (κ2) is 7.28. The average molecular weight is 292 g/mol. The fourth-order valence-corrected chi connectivity index (χ4v) is 1.49. The van der Waals surface area contributed by atoms with Crippen LogP contribution < -0.4 is 10.2 Å². The fraction of sp³-hybridized carbons (Fsp3) is 0.667. The molecule has 0 radical (unpaired) electrons. The first-order valence-electron chi connectivity index (χ1n) is 6.37. The zero-order valence-electron chi connectivity index (χ0n) is 11.8. The maximum absolute atomic E-state index is 12.8. The summed E-state index contributed by atoms with van der Waals surface area (Å²) in [5.41, 5.74) is 0. The third-order valence-electron chi connectivity index (χ3n) is 2.49. The first-order chi connectivity index (χ1) is 9.38. The Labute approximate surface area is 116 Å². The van der Waals surface area contributed by atoms with Gasteiger partial charge in [0.25, 0.3) is 0 Å². The molecule has 1 N–H and O–H groups in total. The molecule has 1 heterocycles. The van der Waals surface area contributed by atoms with Gasteiger partial charge in [0.05, 0.1) is 6.61 Å². The van der Waals surface area contributed by atoms with Crippen LogP contribution in [-0.2, 0) is 10.9 Å². The van der Waals surface area contributed by atoms with E-state index in [0.29, 0.717) is 26.3 Å². The summed E-state index contributed by atoms with van der Waals surface area (Å²) in [6.45, 7) is 5.57. The largest absolute Gasteiger partial charge is 0.451 e. The van der Waals surface area contributed by atoms with Gasteiger partial charge in [0.15, 0.2) is 0 Å². The second-order valence-corrected chi connectivity index (χ2v) is 4.08. The quantitative estimate of drug-likeness (QED) is 0.782. The summed E-state index contributed by atoms with van der Waals surface area (Å²) < 4.78 is 43.5. The Kier molecular flexibility index (Phi) is 6.00. The van der Waals surface area contributed by atoms with Gasteiger partial charge in [-0.25, -0.2) is 9.97 Å². The molecule has 0 spiro atoms.